The van der Waals surface area contributed by atoms with Crippen LogP contribution >= 0.6 is 23.2 Å². The monoisotopic (exact) mass is 398 g/mol. The summed E-state index contributed by atoms with van der Waals surface area (Å²) >= 11 is 11.9. The number of oxazole rings is 1. The maximum absolute atomic E-state index is 6.07. The molecule has 0 aliphatic rings. The van der Waals surface area contributed by atoms with E-state index >= 15 is 0 Å². The van der Waals surface area contributed by atoms with E-state index in [9.17, 15) is 0 Å². The smallest absolute Gasteiger partial charge is 0.213 e. The molecule has 0 saturated carbocycles. The number of aromatic nitrogens is 2. The van der Waals surface area contributed by atoms with Crippen LogP contribution in [0.5, 0.6) is 0 Å². The number of hydrogen-bond acceptors (Lipinski definition) is 5. The first-order chi connectivity index (χ1) is 12.3. The van der Waals surface area contributed by atoms with Crippen molar-refractivity contribution in [3.8, 4) is 0 Å². The van der Waals surface area contributed by atoms with Gasteiger partial charge in [-0.3, -0.25) is 4.99 Å². The van der Waals surface area contributed by atoms with Gasteiger partial charge >= 0.3 is 0 Å². The number of guanidine groups is 1. The number of rotatable bonds is 6. The first-order valence-electron chi connectivity index (χ1n) is 8.24. The van der Waals surface area contributed by atoms with E-state index in [1.165, 1.54) is 0 Å². The Hall–Kier alpha value is -1.99. The molecule has 142 valence electrons. The second kappa shape index (κ2) is 9.09. The Labute approximate surface area is 163 Å². The summed E-state index contributed by atoms with van der Waals surface area (Å²) in [4.78, 5) is 12.6. The van der Waals surface area contributed by atoms with Crippen LogP contribution in [0.25, 0.3) is 0 Å². The van der Waals surface area contributed by atoms with Crippen LogP contribution in [0.3, 0.4) is 0 Å². The van der Waals surface area contributed by atoms with Crippen molar-refractivity contribution >= 4 is 35.0 Å². The van der Waals surface area contributed by atoms with E-state index in [2.05, 4.69) is 51.7 Å². The Morgan fingerprint density at radius 3 is 2.54 bits per heavy atom. The van der Waals surface area contributed by atoms with Gasteiger partial charge in [-0.25, -0.2) is 9.97 Å². The number of nitrogens with one attached hydrogen (secondary N) is 3. The van der Waals surface area contributed by atoms with Crippen molar-refractivity contribution in [1.82, 2.24) is 20.6 Å². The Balaban J connectivity index is 1.75. The third-order valence-electron chi connectivity index (χ3n) is 3.44. The molecule has 0 unspecified atom stereocenters. The lowest BCUT2D eigenvalue weighted by Crippen LogP contribution is -2.39. The van der Waals surface area contributed by atoms with Crippen LogP contribution in [-0.2, 0) is 12.0 Å². The lowest BCUT2D eigenvalue weighted by Gasteiger charge is -2.13. The Bertz CT molecular complexity index is 754. The molecule has 0 bridgehead atoms. The molecular weight excluding hydrogens is 375 g/mol. The first kappa shape index (κ1) is 20.3. The molecule has 0 fully saturated rings. The van der Waals surface area contributed by atoms with Crippen molar-refractivity contribution in [3.63, 3.8) is 0 Å². The maximum Gasteiger partial charge on any atom is 0.213 e. The molecule has 9 heteroatoms. The van der Waals surface area contributed by atoms with Crippen LogP contribution in [0, 0.1) is 0 Å². The molecule has 0 atom stereocenters. The largest absolute Gasteiger partial charge is 0.443 e. The molecule has 26 heavy (non-hydrogen) atoms. The van der Waals surface area contributed by atoms with Crippen molar-refractivity contribution in [3.05, 3.63) is 40.2 Å². The van der Waals surface area contributed by atoms with E-state index < -0.39 is 0 Å². The molecule has 2 rings (SSSR count). The van der Waals surface area contributed by atoms with Crippen LogP contribution in [0.15, 0.2) is 27.9 Å². The zero-order chi connectivity index (χ0) is 19.2. The van der Waals surface area contributed by atoms with Gasteiger partial charge < -0.3 is 20.4 Å². The molecule has 0 spiro atoms. The van der Waals surface area contributed by atoms with Gasteiger partial charge in [-0.2, -0.15) is 0 Å². The fourth-order valence-corrected chi connectivity index (χ4v) is 2.47. The van der Waals surface area contributed by atoms with E-state index in [1.54, 1.807) is 25.5 Å². The summed E-state index contributed by atoms with van der Waals surface area (Å²) in [6, 6.07) is 1.65. The summed E-state index contributed by atoms with van der Waals surface area (Å²) in [5, 5.41) is 10.5. The summed E-state index contributed by atoms with van der Waals surface area (Å²) in [5.74, 6) is 2.72. The summed E-state index contributed by atoms with van der Waals surface area (Å²) in [6.07, 6.45) is 3.31. The van der Waals surface area contributed by atoms with Crippen LogP contribution in [-0.4, -0.2) is 36.1 Å². The molecule has 0 aliphatic heterocycles. The minimum atomic E-state index is -0.0617. The number of aliphatic imine (C=N–C) groups is 1. The van der Waals surface area contributed by atoms with Crippen molar-refractivity contribution in [2.45, 2.75) is 32.7 Å². The van der Waals surface area contributed by atoms with E-state index in [0.717, 1.165) is 5.76 Å². The highest BCUT2D eigenvalue weighted by atomic mass is 35.5. The van der Waals surface area contributed by atoms with Crippen molar-refractivity contribution in [2.75, 3.05) is 25.5 Å². The fourth-order valence-electron chi connectivity index (χ4n) is 2.03. The van der Waals surface area contributed by atoms with Gasteiger partial charge in [0.2, 0.25) is 5.89 Å². The zero-order valence-electron chi connectivity index (χ0n) is 15.4. The number of halogens is 2. The Morgan fingerprint density at radius 2 is 1.92 bits per heavy atom. The topological polar surface area (TPSA) is 87.4 Å². The molecule has 2 aromatic heterocycles. The minimum Gasteiger partial charge on any atom is -0.443 e. The van der Waals surface area contributed by atoms with Gasteiger partial charge in [0, 0.05) is 31.7 Å². The summed E-state index contributed by atoms with van der Waals surface area (Å²) in [6.45, 7) is 7.94. The van der Waals surface area contributed by atoms with Crippen molar-refractivity contribution < 1.29 is 4.42 Å². The van der Waals surface area contributed by atoms with Gasteiger partial charge in [-0.05, 0) is 6.07 Å². The molecule has 0 aliphatic carbocycles. The number of nitrogens with zero attached hydrogens (tertiary/aromatic N) is 3. The van der Waals surface area contributed by atoms with E-state index in [0.29, 0.717) is 47.3 Å². The van der Waals surface area contributed by atoms with Gasteiger partial charge in [0.1, 0.15) is 11.6 Å². The second-order valence-electron chi connectivity index (χ2n) is 6.63. The summed E-state index contributed by atoms with van der Waals surface area (Å²) in [5.41, 5.74) is -0.0617. The fraction of sp³-hybridized carbons (Fsp3) is 0.471. The lowest BCUT2D eigenvalue weighted by molar-refractivity contribution is 0.379. The second-order valence-corrected chi connectivity index (χ2v) is 7.48. The molecule has 7 nitrogen and oxygen atoms in total. The average Bonchev–Trinajstić information content (AvgIpc) is 3.05. The standard InChI is InChI=1S/C17H24Cl2N6O/c1-17(2,3)13-9-23-14(26-13)10-25-16(20-4)22-6-5-21-15-12(19)7-11(18)8-24-15/h7-9H,5-6,10H2,1-4H3,(H,21,24)(H2,20,22,25). The third-order valence-corrected chi connectivity index (χ3v) is 3.94. The summed E-state index contributed by atoms with van der Waals surface area (Å²) < 4.78 is 5.75. The van der Waals surface area contributed by atoms with Gasteiger partial charge in [0.05, 0.1) is 22.8 Å². The number of pyridine rings is 1. The lowest BCUT2D eigenvalue weighted by atomic mass is 9.94. The quantitative estimate of drug-likeness (QED) is 0.392. The van der Waals surface area contributed by atoms with Gasteiger partial charge in [0.15, 0.2) is 5.96 Å². The highest BCUT2D eigenvalue weighted by Gasteiger charge is 2.19. The van der Waals surface area contributed by atoms with E-state index in [1.807, 2.05) is 0 Å². The van der Waals surface area contributed by atoms with Gasteiger partial charge in [-0.1, -0.05) is 44.0 Å². The van der Waals surface area contributed by atoms with Crippen LogP contribution in [0.4, 0.5) is 5.82 Å². The predicted octanol–water partition coefficient (Wildman–Crippen LogP) is 3.45. The van der Waals surface area contributed by atoms with Crippen LogP contribution < -0.4 is 16.0 Å². The first-order valence-corrected chi connectivity index (χ1v) is 9.00. The third kappa shape index (κ3) is 6.07. The Morgan fingerprint density at radius 1 is 1.15 bits per heavy atom. The van der Waals surface area contributed by atoms with Crippen LogP contribution in [0.1, 0.15) is 32.4 Å². The highest BCUT2D eigenvalue weighted by Crippen LogP contribution is 2.23. The molecule has 0 amide bonds. The van der Waals surface area contributed by atoms with Crippen molar-refractivity contribution in [2.24, 2.45) is 4.99 Å². The molecule has 0 radical (unpaired) electrons. The summed E-state index contributed by atoms with van der Waals surface area (Å²) in [7, 11) is 1.70. The molecule has 3 N–H and O–H groups in total. The van der Waals surface area contributed by atoms with Crippen LogP contribution in [0.2, 0.25) is 10.0 Å². The molecule has 2 heterocycles. The number of hydrogen-bond donors (Lipinski definition) is 3. The van der Waals surface area contributed by atoms with E-state index in [-0.39, 0.29) is 5.41 Å². The average molecular weight is 399 g/mol. The molecule has 2 aromatic rings. The molecule has 0 saturated heterocycles. The predicted molar refractivity (Wildman–Crippen MR) is 106 cm³/mol. The Kier molecular flexibility index (Phi) is 7.11. The normalized spacial score (nSPS) is 12.2. The number of anilines is 1. The highest BCUT2D eigenvalue weighted by molar-refractivity contribution is 6.35. The molecule has 0 aromatic carbocycles. The van der Waals surface area contributed by atoms with Crippen molar-refractivity contribution in [1.29, 1.82) is 0 Å². The SMILES string of the molecule is CN=C(NCCNc1ncc(Cl)cc1Cl)NCc1ncc(C(C)(C)C)o1. The van der Waals surface area contributed by atoms with E-state index in [4.69, 9.17) is 27.6 Å². The van der Waals surface area contributed by atoms with Gasteiger partial charge in [-0.15, -0.1) is 0 Å². The zero-order valence-corrected chi connectivity index (χ0v) is 16.9. The van der Waals surface area contributed by atoms with Gasteiger partial charge in [0.25, 0.3) is 0 Å². The molecular formula is C17H24Cl2N6O. The minimum absolute atomic E-state index is 0.0617. The maximum atomic E-state index is 6.07.